The van der Waals surface area contributed by atoms with Gasteiger partial charge in [0.15, 0.2) is 0 Å². The third-order valence-electron chi connectivity index (χ3n) is 13.7. The maximum atomic E-state index is 13.5. The fourth-order valence-corrected chi connectivity index (χ4v) is 9.41. The third-order valence-corrected chi connectivity index (χ3v) is 14.7. The number of carbonyl (C=O) groups is 2. The van der Waals surface area contributed by atoms with E-state index in [1.54, 1.807) is 0 Å². The van der Waals surface area contributed by atoms with Crippen LogP contribution in [0.4, 0.5) is 0 Å². The summed E-state index contributed by atoms with van der Waals surface area (Å²) >= 11 is 0. The van der Waals surface area contributed by atoms with Crippen LogP contribution in [-0.2, 0) is 27.9 Å². The molecule has 2 N–H and O–H groups in total. The zero-order valence-corrected chi connectivity index (χ0v) is 52.7. The molecule has 0 saturated heterocycles. The van der Waals surface area contributed by atoms with Gasteiger partial charge in [-0.2, -0.15) is 0 Å². The molecule has 0 bridgehead atoms. The second-order valence-electron chi connectivity index (χ2n) is 22.6. The van der Waals surface area contributed by atoms with Crippen molar-refractivity contribution in [2.75, 3.05) is 40.9 Å². The van der Waals surface area contributed by atoms with Crippen molar-refractivity contribution >= 4 is 19.7 Å². The molecule has 0 spiro atoms. The van der Waals surface area contributed by atoms with Crippen molar-refractivity contribution in [3.05, 3.63) is 109 Å². The lowest BCUT2D eigenvalue weighted by Crippen LogP contribution is -2.47. The SMILES string of the molecule is CCCCC/C=C\C/C=C\C/C=C\C/C=C\CCCCCCCCCC(=O)OC(/C=C/CCCCCCCCCCC)C(COP(=O)(O)OCC[N+](C)(C)C)NC(=O)CCCCC/C=C\C/C=C\C/C=C\C/C=C\CCCCC. The number of carbonyl (C=O) groups excluding carboxylic acids is 2. The summed E-state index contributed by atoms with van der Waals surface area (Å²) in [4.78, 5) is 37.7. The topological polar surface area (TPSA) is 111 Å². The summed E-state index contributed by atoms with van der Waals surface area (Å²) in [6, 6.07) is -0.877. The number of nitrogens with zero attached hydrogens (tertiary/aromatic N) is 1. The van der Waals surface area contributed by atoms with E-state index in [4.69, 9.17) is 13.8 Å². The Kier molecular flexibility index (Phi) is 55.4. The zero-order valence-electron chi connectivity index (χ0n) is 51.8. The fraction of sp³-hybridized carbons (Fsp3) is 0.710. The Balaban J connectivity index is 5.26. The van der Waals surface area contributed by atoms with Crippen molar-refractivity contribution in [1.29, 1.82) is 0 Å². The molecule has 1 amide bonds. The highest BCUT2D eigenvalue weighted by molar-refractivity contribution is 7.47. The average molecular weight is 1120 g/mol. The summed E-state index contributed by atoms with van der Waals surface area (Å²) in [5, 5.41) is 3.03. The van der Waals surface area contributed by atoms with E-state index >= 15 is 0 Å². The first-order valence-corrected chi connectivity index (χ1v) is 33.7. The molecule has 0 aliphatic carbocycles. The van der Waals surface area contributed by atoms with Gasteiger partial charge in [-0.15, -0.1) is 0 Å². The highest BCUT2D eigenvalue weighted by Crippen LogP contribution is 2.43. The van der Waals surface area contributed by atoms with Gasteiger partial charge in [-0.1, -0.05) is 240 Å². The van der Waals surface area contributed by atoms with E-state index < -0.39 is 20.0 Å². The van der Waals surface area contributed by atoms with Crippen LogP contribution in [-0.4, -0.2) is 74.3 Å². The molecule has 0 aromatic rings. The number of esters is 1. The minimum Gasteiger partial charge on any atom is -0.456 e. The lowest BCUT2D eigenvalue weighted by Gasteiger charge is -2.27. The molecule has 9 nitrogen and oxygen atoms in total. The number of ether oxygens (including phenoxy) is 1. The number of rotatable bonds is 57. The van der Waals surface area contributed by atoms with Gasteiger partial charge < -0.3 is 19.4 Å². The van der Waals surface area contributed by atoms with Crippen molar-refractivity contribution < 1.29 is 37.3 Å². The van der Waals surface area contributed by atoms with Crippen LogP contribution in [0.5, 0.6) is 0 Å². The molecule has 0 radical (unpaired) electrons. The van der Waals surface area contributed by atoms with Gasteiger partial charge in [0.1, 0.15) is 19.3 Å². The molecule has 10 heteroatoms. The van der Waals surface area contributed by atoms with Crippen LogP contribution in [0, 0.1) is 0 Å². The highest BCUT2D eigenvalue weighted by atomic mass is 31.2. The Labute approximate surface area is 487 Å². The van der Waals surface area contributed by atoms with Crippen molar-refractivity contribution in [3.8, 4) is 0 Å². The maximum absolute atomic E-state index is 13.5. The Morgan fingerprint density at radius 2 is 0.772 bits per heavy atom. The third kappa shape index (κ3) is 59.1. The number of allylic oxidation sites excluding steroid dienone is 17. The second-order valence-corrected chi connectivity index (χ2v) is 24.0. The summed E-state index contributed by atoms with van der Waals surface area (Å²) < 4.78 is 30.7. The smallest absolute Gasteiger partial charge is 0.456 e. The summed E-state index contributed by atoms with van der Waals surface area (Å²) in [5.41, 5.74) is 0. The van der Waals surface area contributed by atoms with Gasteiger partial charge in [0, 0.05) is 12.8 Å². The van der Waals surface area contributed by atoms with Crippen molar-refractivity contribution in [2.24, 2.45) is 0 Å². The fourth-order valence-electron chi connectivity index (χ4n) is 8.67. The number of quaternary nitrogens is 1. The minimum absolute atomic E-state index is 0.0263. The highest BCUT2D eigenvalue weighted by Gasteiger charge is 2.30. The van der Waals surface area contributed by atoms with Crippen molar-refractivity contribution in [3.63, 3.8) is 0 Å². The Bertz CT molecular complexity index is 1720. The van der Waals surface area contributed by atoms with Crippen LogP contribution < -0.4 is 5.32 Å². The largest absolute Gasteiger partial charge is 0.472 e. The molecule has 0 aliphatic heterocycles. The molecule has 3 unspecified atom stereocenters. The molecule has 0 aromatic carbocycles. The van der Waals surface area contributed by atoms with E-state index in [-0.39, 0.29) is 37.9 Å². The van der Waals surface area contributed by atoms with E-state index in [2.05, 4.69) is 123 Å². The number of amides is 1. The molecular weight excluding hydrogens is 1000 g/mol. The Morgan fingerprint density at radius 3 is 1.19 bits per heavy atom. The number of likely N-dealkylation sites (N-methyl/N-ethyl adjacent to an activating group) is 1. The van der Waals surface area contributed by atoms with Crippen molar-refractivity contribution in [2.45, 2.75) is 277 Å². The normalized spacial score (nSPS) is 14.4. The first kappa shape index (κ1) is 75.7. The predicted octanol–water partition coefficient (Wildman–Crippen LogP) is 20.1. The minimum atomic E-state index is -4.47. The molecule has 3 atom stereocenters. The number of unbranched alkanes of at least 4 members (excludes halogenated alkanes) is 25. The van der Waals surface area contributed by atoms with Crippen LogP contribution in [0.3, 0.4) is 0 Å². The number of hydrogen-bond acceptors (Lipinski definition) is 6. The van der Waals surface area contributed by atoms with E-state index in [9.17, 15) is 19.0 Å². The van der Waals surface area contributed by atoms with Gasteiger partial charge in [0.25, 0.3) is 0 Å². The first-order chi connectivity index (χ1) is 38.4. The lowest BCUT2D eigenvalue weighted by molar-refractivity contribution is -0.870. The van der Waals surface area contributed by atoms with Crippen LogP contribution in [0.2, 0.25) is 0 Å². The Hall–Kier alpha value is -3.33. The zero-order chi connectivity index (χ0) is 57.9. The summed E-state index contributed by atoms with van der Waals surface area (Å²) in [6.45, 7) is 6.91. The van der Waals surface area contributed by atoms with E-state index in [1.807, 2.05) is 33.3 Å². The van der Waals surface area contributed by atoms with Crippen LogP contribution in [0.15, 0.2) is 109 Å². The number of phosphoric acid groups is 1. The molecule has 0 aliphatic rings. The second kappa shape index (κ2) is 57.9. The monoisotopic (exact) mass is 1120 g/mol. The first-order valence-electron chi connectivity index (χ1n) is 32.2. The van der Waals surface area contributed by atoms with Crippen molar-refractivity contribution in [1.82, 2.24) is 5.32 Å². The van der Waals surface area contributed by atoms with Crippen LogP contribution in [0.25, 0.3) is 0 Å². The molecule has 0 aromatic heterocycles. The summed E-state index contributed by atoms with van der Waals surface area (Å²) in [6.07, 6.45) is 79.4. The van der Waals surface area contributed by atoms with Gasteiger partial charge in [0.2, 0.25) is 5.91 Å². The quantitative estimate of drug-likeness (QED) is 0.0205. The predicted molar refractivity (Wildman–Crippen MR) is 341 cm³/mol. The molecule has 0 heterocycles. The van der Waals surface area contributed by atoms with E-state index in [0.29, 0.717) is 17.4 Å². The molecule has 0 fully saturated rings. The van der Waals surface area contributed by atoms with Gasteiger partial charge in [-0.25, -0.2) is 4.57 Å². The van der Waals surface area contributed by atoms with Crippen LogP contribution in [0.1, 0.15) is 265 Å². The maximum Gasteiger partial charge on any atom is 0.472 e. The van der Waals surface area contributed by atoms with Crippen LogP contribution >= 0.6 is 7.82 Å². The van der Waals surface area contributed by atoms with E-state index in [0.717, 1.165) is 109 Å². The number of phosphoric ester groups is 1. The molecule has 79 heavy (non-hydrogen) atoms. The average Bonchev–Trinajstić information content (AvgIpc) is 3.41. The number of nitrogens with one attached hydrogen (secondary N) is 1. The summed E-state index contributed by atoms with van der Waals surface area (Å²) in [5.74, 6) is -0.558. The van der Waals surface area contributed by atoms with Gasteiger partial charge >= 0.3 is 13.8 Å². The standard InChI is InChI=1S/C69H121N2O7P/c1-7-10-13-16-19-22-25-27-29-31-33-34-35-36-38-40-42-44-47-50-53-56-59-62-69(73)78-67(60-57-54-51-48-45-24-21-18-15-12-9-3)66(65-77-79(74,75)76-64-63-71(4,5)6)70-68(72)61-58-55-52-49-46-43-41-39-37-32-30-28-26-23-20-17-14-11-8-2/h19-20,22-23,27-30,33-34,36-39,43,46,57,60,66-67H,7-18,21,24-26,31-32,35,40-42,44-45,47-56,58-59,61-65H2,1-6H3,(H-,70,72,74,75)/p+1/b22-19-,23-20-,29-27-,30-28-,34-33-,38-36-,39-37-,46-43-,60-57+. The van der Waals surface area contributed by atoms with Gasteiger partial charge in [0.05, 0.1) is 33.8 Å². The molecule has 0 saturated carbocycles. The molecular formula is C69H122N2O7P+. The lowest BCUT2D eigenvalue weighted by atomic mass is 10.1. The molecule has 454 valence electrons. The van der Waals surface area contributed by atoms with Gasteiger partial charge in [-0.05, 0) is 122 Å². The van der Waals surface area contributed by atoms with Gasteiger partial charge in [-0.3, -0.25) is 18.6 Å². The van der Waals surface area contributed by atoms with E-state index in [1.165, 1.54) is 116 Å². The number of hydrogen-bond donors (Lipinski definition) is 2. The summed E-state index contributed by atoms with van der Waals surface area (Å²) in [7, 11) is 1.45. The Morgan fingerprint density at radius 1 is 0.443 bits per heavy atom. The molecule has 0 rings (SSSR count).